The molecule has 0 saturated heterocycles. The summed E-state index contributed by atoms with van der Waals surface area (Å²) >= 11 is 0. The molecule has 0 radical (unpaired) electrons. The lowest BCUT2D eigenvalue weighted by molar-refractivity contribution is -0.126. The zero-order chi connectivity index (χ0) is 21.4. The number of hydrogen-bond donors (Lipinski definition) is 2. The zero-order valence-electron chi connectivity index (χ0n) is 17.1. The average molecular weight is 429 g/mol. The van der Waals surface area contributed by atoms with Crippen LogP contribution in [0.1, 0.15) is 42.9 Å². The van der Waals surface area contributed by atoms with Gasteiger partial charge in [-0.2, -0.15) is 0 Å². The summed E-state index contributed by atoms with van der Waals surface area (Å²) in [5, 5.41) is 13.2. The predicted octanol–water partition coefficient (Wildman–Crippen LogP) is 2.74. The molecule has 30 heavy (non-hydrogen) atoms. The summed E-state index contributed by atoms with van der Waals surface area (Å²) in [6, 6.07) is 17.0. The fraction of sp³-hybridized carbons (Fsp3) is 0.435. The summed E-state index contributed by atoms with van der Waals surface area (Å²) in [6.45, 7) is 0.640. The van der Waals surface area contributed by atoms with Gasteiger partial charge in [0.2, 0.25) is 15.9 Å². The lowest BCUT2D eigenvalue weighted by Crippen LogP contribution is -2.42. The van der Waals surface area contributed by atoms with Crippen molar-refractivity contribution in [1.29, 1.82) is 0 Å². The first-order valence-corrected chi connectivity index (χ1v) is 12.2. The number of amides is 1. The molecule has 1 heterocycles. The molecular formula is C23H28N2O4S. The van der Waals surface area contributed by atoms with Crippen LogP contribution in [-0.4, -0.2) is 38.8 Å². The second-order valence-electron chi connectivity index (χ2n) is 8.51. The Hall–Kier alpha value is -2.38. The lowest BCUT2D eigenvalue weighted by Gasteiger charge is -2.37. The maximum absolute atomic E-state index is 12.7. The smallest absolute Gasteiger partial charge is 0.232 e. The van der Waals surface area contributed by atoms with Gasteiger partial charge in [0.05, 0.1) is 18.0 Å². The van der Waals surface area contributed by atoms with E-state index in [0.717, 1.165) is 29.7 Å². The van der Waals surface area contributed by atoms with Crippen LogP contribution in [0.2, 0.25) is 0 Å². The van der Waals surface area contributed by atoms with E-state index in [1.165, 1.54) is 10.6 Å². The highest BCUT2D eigenvalue weighted by atomic mass is 32.2. The number of sulfonamides is 1. The Morgan fingerprint density at radius 2 is 1.77 bits per heavy atom. The van der Waals surface area contributed by atoms with Crippen molar-refractivity contribution in [1.82, 2.24) is 5.32 Å². The first-order chi connectivity index (χ1) is 14.3. The van der Waals surface area contributed by atoms with E-state index in [-0.39, 0.29) is 23.8 Å². The van der Waals surface area contributed by atoms with E-state index < -0.39 is 16.1 Å². The molecule has 4 rings (SSSR count). The highest BCUT2D eigenvalue weighted by Gasteiger charge is 2.47. The largest absolute Gasteiger partial charge is 0.387 e. The quantitative estimate of drug-likeness (QED) is 0.767. The summed E-state index contributed by atoms with van der Waals surface area (Å²) < 4.78 is 26.1. The van der Waals surface area contributed by atoms with Crippen molar-refractivity contribution >= 4 is 21.6 Å². The van der Waals surface area contributed by atoms with Crippen molar-refractivity contribution in [2.45, 2.75) is 37.2 Å². The lowest BCUT2D eigenvalue weighted by atomic mass is 9.67. The number of rotatable bonds is 5. The van der Waals surface area contributed by atoms with Crippen LogP contribution in [0.3, 0.4) is 0 Å². The third-order valence-electron chi connectivity index (χ3n) is 6.56. The first-order valence-electron chi connectivity index (χ1n) is 10.4. The Kier molecular flexibility index (Phi) is 5.59. The third-order valence-corrected chi connectivity index (χ3v) is 7.68. The van der Waals surface area contributed by atoms with Crippen molar-refractivity contribution in [2.75, 3.05) is 23.7 Å². The SMILES string of the molecule is CS(=O)(=O)N1CC2(CCC(C(=O)NCC(O)c3ccccc3)CC2)c2ccccc21. The highest BCUT2D eigenvalue weighted by Crippen LogP contribution is 2.50. The number of nitrogens with one attached hydrogen (secondary N) is 1. The van der Waals surface area contributed by atoms with Gasteiger partial charge >= 0.3 is 0 Å². The molecule has 6 nitrogen and oxygen atoms in total. The summed E-state index contributed by atoms with van der Waals surface area (Å²) in [4.78, 5) is 12.7. The van der Waals surface area contributed by atoms with E-state index in [0.29, 0.717) is 19.4 Å². The number of carbonyl (C=O) groups excluding carboxylic acids is 1. The number of carbonyl (C=O) groups is 1. The van der Waals surface area contributed by atoms with Crippen molar-refractivity contribution in [3.8, 4) is 0 Å². The fourth-order valence-corrected chi connectivity index (χ4v) is 5.87. The topological polar surface area (TPSA) is 86.7 Å². The van der Waals surface area contributed by atoms with Gasteiger partial charge < -0.3 is 10.4 Å². The molecule has 7 heteroatoms. The van der Waals surface area contributed by atoms with Crippen molar-refractivity contribution in [3.63, 3.8) is 0 Å². The zero-order valence-corrected chi connectivity index (χ0v) is 17.9. The average Bonchev–Trinajstić information content (AvgIpc) is 3.08. The van der Waals surface area contributed by atoms with Gasteiger partial charge in [-0.05, 0) is 42.9 Å². The van der Waals surface area contributed by atoms with Gasteiger partial charge in [-0.25, -0.2) is 8.42 Å². The number of fused-ring (bicyclic) bond motifs is 2. The highest BCUT2D eigenvalue weighted by molar-refractivity contribution is 7.92. The summed E-state index contributed by atoms with van der Waals surface area (Å²) in [5.74, 6) is -0.149. The van der Waals surface area contributed by atoms with Crippen LogP contribution in [-0.2, 0) is 20.2 Å². The molecule has 0 aromatic heterocycles. The minimum absolute atomic E-state index is 0.0360. The minimum atomic E-state index is -3.34. The maximum Gasteiger partial charge on any atom is 0.232 e. The van der Waals surface area contributed by atoms with Gasteiger partial charge in [0.25, 0.3) is 0 Å². The van der Waals surface area contributed by atoms with Crippen LogP contribution in [0.5, 0.6) is 0 Å². The van der Waals surface area contributed by atoms with E-state index in [1.807, 2.05) is 54.6 Å². The van der Waals surface area contributed by atoms with Crippen LogP contribution < -0.4 is 9.62 Å². The molecule has 1 amide bonds. The van der Waals surface area contributed by atoms with Crippen LogP contribution in [0.15, 0.2) is 54.6 Å². The molecule has 1 atom stereocenters. The molecule has 160 valence electrons. The fourth-order valence-electron chi connectivity index (χ4n) is 4.88. The normalized spacial score (nSPS) is 24.5. The monoisotopic (exact) mass is 428 g/mol. The molecule has 2 aromatic carbocycles. The number of nitrogens with zero attached hydrogens (tertiary/aromatic N) is 1. The van der Waals surface area contributed by atoms with Gasteiger partial charge in [0, 0.05) is 24.4 Å². The van der Waals surface area contributed by atoms with Crippen LogP contribution in [0.4, 0.5) is 5.69 Å². The molecule has 1 unspecified atom stereocenters. The van der Waals surface area contributed by atoms with E-state index >= 15 is 0 Å². The van der Waals surface area contributed by atoms with E-state index in [4.69, 9.17) is 0 Å². The van der Waals surface area contributed by atoms with Crippen LogP contribution >= 0.6 is 0 Å². The molecular weight excluding hydrogens is 400 g/mol. The number of para-hydroxylation sites is 1. The van der Waals surface area contributed by atoms with E-state index in [9.17, 15) is 18.3 Å². The Bertz CT molecular complexity index is 1010. The molecule has 2 aromatic rings. The molecule has 1 aliphatic heterocycles. The van der Waals surface area contributed by atoms with Gasteiger partial charge in [-0.3, -0.25) is 9.10 Å². The van der Waals surface area contributed by atoms with Crippen molar-refractivity contribution in [3.05, 3.63) is 65.7 Å². The Balaban J connectivity index is 1.40. The molecule has 1 aliphatic carbocycles. The van der Waals surface area contributed by atoms with Gasteiger partial charge in [0.15, 0.2) is 0 Å². The Labute approximate surface area is 178 Å². The number of benzene rings is 2. The first kappa shape index (κ1) is 20.9. The Morgan fingerprint density at radius 3 is 2.43 bits per heavy atom. The summed E-state index contributed by atoms with van der Waals surface area (Å²) in [7, 11) is -3.34. The van der Waals surface area contributed by atoms with Crippen molar-refractivity contribution in [2.24, 2.45) is 5.92 Å². The maximum atomic E-state index is 12.7. The number of aliphatic hydroxyl groups excluding tert-OH is 1. The van der Waals surface area contributed by atoms with Gasteiger partial charge in [0.1, 0.15) is 0 Å². The Morgan fingerprint density at radius 1 is 1.13 bits per heavy atom. The summed E-state index contributed by atoms with van der Waals surface area (Å²) in [5.41, 5.74) is 2.41. The number of aliphatic hydroxyl groups is 1. The third kappa shape index (κ3) is 3.96. The summed E-state index contributed by atoms with van der Waals surface area (Å²) in [6.07, 6.45) is 3.48. The van der Waals surface area contributed by atoms with Crippen LogP contribution in [0, 0.1) is 5.92 Å². The van der Waals surface area contributed by atoms with Gasteiger partial charge in [-0.15, -0.1) is 0 Å². The minimum Gasteiger partial charge on any atom is -0.387 e. The van der Waals surface area contributed by atoms with Crippen LogP contribution in [0.25, 0.3) is 0 Å². The second-order valence-corrected chi connectivity index (χ2v) is 10.4. The van der Waals surface area contributed by atoms with E-state index in [1.54, 1.807) is 0 Å². The number of anilines is 1. The molecule has 1 fully saturated rings. The molecule has 2 N–H and O–H groups in total. The molecule has 2 aliphatic rings. The van der Waals surface area contributed by atoms with E-state index in [2.05, 4.69) is 5.32 Å². The molecule has 1 spiro atoms. The molecule has 0 bridgehead atoms. The van der Waals surface area contributed by atoms with Crippen molar-refractivity contribution < 1.29 is 18.3 Å². The standard InChI is InChI=1S/C23H28N2O4S/c1-30(28,29)25-16-23(19-9-5-6-10-20(19)25)13-11-18(12-14-23)22(27)24-15-21(26)17-7-3-2-4-8-17/h2-10,18,21,26H,11-16H2,1H3,(H,24,27). The predicted molar refractivity (Wildman–Crippen MR) is 117 cm³/mol. The second kappa shape index (κ2) is 8.04. The molecule has 1 saturated carbocycles. The number of hydrogen-bond acceptors (Lipinski definition) is 4. The van der Waals surface area contributed by atoms with Gasteiger partial charge in [-0.1, -0.05) is 48.5 Å².